The van der Waals surface area contributed by atoms with Gasteiger partial charge in [-0.1, -0.05) is 176 Å². The summed E-state index contributed by atoms with van der Waals surface area (Å²) < 4.78 is 0. The van der Waals surface area contributed by atoms with Gasteiger partial charge in [0.2, 0.25) is 0 Å². The molecule has 0 aliphatic heterocycles. The van der Waals surface area contributed by atoms with Crippen LogP contribution in [0.2, 0.25) is 0 Å². The lowest BCUT2D eigenvalue weighted by Crippen LogP contribution is -2.47. The smallest absolute Gasteiger partial charge is 0.0721 e. The van der Waals surface area contributed by atoms with Crippen LogP contribution in [0.4, 0.5) is 0 Å². The summed E-state index contributed by atoms with van der Waals surface area (Å²) in [6, 6.07) is 0. The minimum atomic E-state index is -0.500. The van der Waals surface area contributed by atoms with Gasteiger partial charge in [-0.2, -0.15) is 0 Å². The molecule has 1 N–H and O–H groups in total. The third kappa shape index (κ3) is 16.6. The van der Waals surface area contributed by atoms with Crippen LogP contribution in [0.15, 0.2) is 0 Å². The predicted molar refractivity (Wildman–Crippen MR) is 156 cm³/mol. The maximum absolute atomic E-state index is 11.7. The minimum absolute atomic E-state index is 0.342. The van der Waals surface area contributed by atoms with Crippen LogP contribution in [0.5, 0.6) is 0 Å². The molecule has 0 fully saturated rings. The van der Waals surface area contributed by atoms with Gasteiger partial charge in [-0.3, -0.25) is 0 Å². The Morgan fingerprint density at radius 1 is 0.412 bits per heavy atom. The van der Waals surface area contributed by atoms with Crippen LogP contribution < -0.4 is 0 Å². The van der Waals surface area contributed by atoms with Crippen molar-refractivity contribution in [2.75, 3.05) is 0 Å². The van der Waals surface area contributed by atoms with Crippen molar-refractivity contribution in [3.05, 3.63) is 0 Å². The molecule has 206 valence electrons. The number of hydrogen-bond donors (Lipinski definition) is 1. The second-order valence-electron chi connectivity index (χ2n) is 12.2. The highest BCUT2D eigenvalue weighted by atomic mass is 16.3. The summed E-state index contributed by atoms with van der Waals surface area (Å²) in [5.74, 6) is 1.16. The molecule has 0 aromatic carbocycles. The van der Waals surface area contributed by atoms with Gasteiger partial charge < -0.3 is 5.11 Å². The average molecular weight is 481 g/mol. The third-order valence-electron chi connectivity index (χ3n) is 8.57. The van der Waals surface area contributed by atoms with E-state index in [-0.39, 0.29) is 0 Å². The Kier molecular flexibility index (Phi) is 23.3. The highest BCUT2D eigenvalue weighted by Crippen LogP contribution is 2.39. The first-order chi connectivity index (χ1) is 16.4. The summed E-state index contributed by atoms with van der Waals surface area (Å²) in [6.07, 6.45) is 31.9. The largest absolute Gasteiger partial charge is 0.389 e. The van der Waals surface area contributed by atoms with Crippen molar-refractivity contribution in [1.82, 2.24) is 0 Å². The molecule has 0 radical (unpaired) electrons. The van der Waals surface area contributed by atoms with Crippen LogP contribution in [0.25, 0.3) is 0 Å². The van der Waals surface area contributed by atoms with Crippen molar-refractivity contribution >= 4 is 0 Å². The zero-order chi connectivity index (χ0) is 25.5. The van der Waals surface area contributed by atoms with E-state index in [4.69, 9.17) is 0 Å². The lowest BCUT2D eigenvalue weighted by Gasteiger charge is -2.43. The monoisotopic (exact) mass is 481 g/mol. The van der Waals surface area contributed by atoms with Crippen molar-refractivity contribution in [3.63, 3.8) is 0 Å². The molecule has 0 aromatic heterocycles. The second kappa shape index (κ2) is 23.4. The van der Waals surface area contributed by atoms with Gasteiger partial charge in [-0.25, -0.2) is 0 Å². The molecular weight excluding hydrogens is 412 g/mol. The zero-order valence-corrected chi connectivity index (χ0v) is 24.9. The van der Waals surface area contributed by atoms with E-state index >= 15 is 0 Å². The van der Waals surface area contributed by atoms with Crippen LogP contribution in [-0.2, 0) is 0 Å². The van der Waals surface area contributed by atoms with Gasteiger partial charge in [0, 0.05) is 0 Å². The second-order valence-corrected chi connectivity index (χ2v) is 12.2. The fourth-order valence-corrected chi connectivity index (χ4v) is 6.15. The van der Waals surface area contributed by atoms with E-state index in [0.29, 0.717) is 17.8 Å². The van der Waals surface area contributed by atoms with Crippen molar-refractivity contribution in [3.8, 4) is 0 Å². The summed E-state index contributed by atoms with van der Waals surface area (Å²) in [6.45, 7) is 13.5. The Morgan fingerprint density at radius 2 is 0.647 bits per heavy atom. The number of hydrogen-bond acceptors (Lipinski definition) is 1. The van der Waals surface area contributed by atoms with Crippen molar-refractivity contribution in [1.29, 1.82) is 0 Å². The summed E-state index contributed by atoms with van der Waals surface area (Å²) in [7, 11) is 0. The van der Waals surface area contributed by atoms with Crippen molar-refractivity contribution < 1.29 is 5.11 Å². The maximum atomic E-state index is 11.7. The molecule has 0 heterocycles. The van der Waals surface area contributed by atoms with E-state index in [1.54, 1.807) is 0 Å². The molecule has 34 heavy (non-hydrogen) atoms. The van der Waals surface area contributed by atoms with Gasteiger partial charge in [0.05, 0.1) is 5.60 Å². The Balaban J connectivity index is 3.93. The standard InChI is InChI=1S/C33H68O/c1-7-9-11-13-14-15-16-17-18-19-20-21-22-23-25-27-29-32(28-26-24-12-10-8-2)33(34,30(3)4)31(5)6/h30-32,34H,7-29H2,1-6H3. The van der Waals surface area contributed by atoms with Gasteiger partial charge in [-0.15, -0.1) is 0 Å². The lowest BCUT2D eigenvalue weighted by molar-refractivity contribution is -0.102. The number of aliphatic hydroxyl groups is 1. The molecule has 1 atom stereocenters. The molecular formula is C33H68O. The molecule has 0 aliphatic rings. The highest BCUT2D eigenvalue weighted by molar-refractivity contribution is 4.92. The van der Waals surface area contributed by atoms with Crippen LogP contribution in [0, 0.1) is 17.8 Å². The molecule has 1 unspecified atom stereocenters. The summed E-state index contributed by atoms with van der Waals surface area (Å²) >= 11 is 0. The molecule has 1 nitrogen and oxygen atoms in total. The predicted octanol–water partition coefficient (Wildman–Crippen LogP) is 11.7. The van der Waals surface area contributed by atoms with Gasteiger partial charge in [-0.05, 0) is 30.6 Å². The molecule has 0 amide bonds. The molecule has 0 rings (SSSR count). The third-order valence-corrected chi connectivity index (χ3v) is 8.57. The lowest BCUT2D eigenvalue weighted by atomic mass is 9.68. The number of unbranched alkanes of at least 4 members (excludes halogenated alkanes) is 19. The van der Waals surface area contributed by atoms with Crippen LogP contribution in [0.1, 0.15) is 189 Å². The van der Waals surface area contributed by atoms with E-state index < -0.39 is 5.60 Å². The molecule has 0 aliphatic carbocycles. The Morgan fingerprint density at radius 3 is 0.882 bits per heavy atom. The summed E-state index contributed by atoms with van der Waals surface area (Å²) in [5, 5.41) is 11.7. The Labute approximate surface area is 217 Å². The molecule has 0 spiro atoms. The van der Waals surface area contributed by atoms with Gasteiger partial charge in [0.15, 0.2) is 0 Å². The van der Waals surface area contributed by atoms with Crippen LogP contribution in [0.3, 0.4) is 0 Å². The quantitative estimate of drug-likeness (QED) is 0.122. The maximum Gasteiger partial charge on any atom is 0.0721 e. The Bertz CT molecular complexity index is 391. The van der Waals surface area contributed by atoms with E-state index in [9.17, 15) is 5.11 Å². The SMILES string of the molecule is CCCCCCCCCCCCCCCCCCC(CCCCCCC)C(O)(C(C)C)C(C)C. The first kappa shape index (κ1) is 34.0. The van der Waals surface area contributed by atoms with E-state index in [0.717, 1.165) is 0 Å². The van der Waals surface area contributed by atoms with Crippen LogP contribution in [-0.4, -0.2) is 10.7 Å². The van der Waals surface area contributed by atoms with E-state index in [1.165, 1.54) is 148 Å². The zero-order valence-electron chi connectivity index (χ0n) is 24.9. The Hall–Kier alpha value is -0.0400. The first-order valence-electron chi connectivity index (χ1n) is 16.1. The van der Waals surface area contributed by atoms with E-state index in [1.807, 2.05) is 0 Å². The summed E-state index contributed by atoms with van der Waals surface area (Å²) in [5.41, 5.74) is -0.500. The molecule has 0 bridgehead atoms. The van der Waals surface area contributed by atoms with Gasteiger partial charge in [0.25, 0.3) is 0 Å². The summed E-state index contributed by atoms with van der Waals surface area (Å²) in [4.78, 5) is 0. The van der Waals surface area contributed by atoms with Crippen molar-refractivity contribution in [2.24, 2.45) is 17.8 Å². The molecule has 0 saturated carbocycles. The van der Waals surface area contributed by atoms with Crippen LogP contribution >= 0.6 is 0 Å². The normalized spacial score (nSPS) is 13.3. The van der Waals surface area contributed by atoms with Crippen molar-refractivity contribution in [2.45, 2.75) is 195 Å². The topological polar surface area (TPSA) is 20.2 Å². The average Bonchev–Trinajstić information content (AvgIpc) is 2.81. The molecule has 0 aromatic rings. The highest BCUT2D eigenvalue weighted by Gasteiger charge is 2.41. The fourth-order valence-electron chi connectivity index (χ4n) is 6.15. The first-order valence-corrected chi connectivity index (χ1v) is 16.1. The molecule has 1 heteroatoms. The molecule has 0 saturated heterocycles. The van der Waals surface area contributed by atoms with E-state index in [2.05, 4.69) is 41.5 Å². The fraction of sp³-hybridized carbons (Fsp3) is 1.00. The van der Waals surface area contributed by atoms with Gasteiger partial charge >= 0.3 is 0 Å². The number of rotatable bonds is 26. The minimum Gasteiger partial charge on any atom is -0.389 e. The van der Waals surface area contributed by atoms with Gasteiger partial charge in [0.1, 0.15) is 0 Å².